The van der Waals surface area contributed by atoms with E-state index in [1.807, 2.05) is 34.7 Å². The topological polar surface area (TPSA) is 60.4 Å². The molecular weight excluding hydrogens is 342 g/mol. The molecule has 0 bridgehead atoms. The lowest BCUT2D eigenvalue weighted by molar-refractivity contribution is 0.0230. The third-order valence-corrected chi connectivity index (χ3v) is 5.23. The first-order valence-electron chi connectivity index (χ1n) is 10.0. The quantitative estimate of drug-likeness (QED) is 0.451. The van der Waals surface area contributed by atoms with Gasteiger partial charge in [-0.15, -0.1) is 0 Å². The molecule has 7 heteroatoms. The molecule has 2 aliphatic heterocycles. The molecule has 0 aromatic rings. The molecule has 0 saturated carbocycles. The SMILES string of the molecule is CN=C(NCCC(C)N(C)C(=O)OC(C)(C)C)N1CCC(N2CC=CC2)C1. The van der Waals surface area contributed by atoms with Crippen molar-refractivity contribution >= 4 is 12.1 Å². The number of hydrogen-bond donors (Lipinski definition) is 1. The van der Waals surface area contributed by atoms with Crippen LogP contribution in [0.4, 0.5) is 4.79 Å². The summed E-state index contributed by atoms with van der Waals surface area (Å²) in [5.41, 5.74) is -0.470. The van der Waals surface area contributed by atoms with Crippen molar-refractivity contribution < 1.29 is 9.53 Å². The number of guanidine groups is 1. The van der Waals surface area contributed by atoms with E-state index in [-0.39, 0.29) is 12.1 Å². The van der Waals surface area contributed by atoms with Crippen LogP contribution in [0.2, 0.25) is 0 Å². The highest BCUT2D eigenvalue weighted by atomic mass is 16.6. The van der Waals surface area contributed by atoms with E-state index in [2.05, 4.69) is 32.3 Å². The highest BCUT2D eigenvalue weighted by molar-refractivity contribution is 5.80. The summed E-state index contributed by atoms with van der Waals surface area (Å²) in [7, 11) is 3.63. The molecule has 1 saturated heterocycles. The van der Waals surface area contributed by atoms with E-state index in [0.29, 0.717) is 6.04 Å². The maximum absolute atomic E-state index is 12.2. The molecule has 2 rings (SSSR count). The second kappa shape index (κ2) is 9.44. The van der Waals surface area contributed by atoms with E-state index in [0.717, 1.165) is 45.1 Å². The predicted octanol–water partition coefficient (Wildman–Crippen LogP) is 2.15. The Kier molecular flexibility index (Phi) is 7.53. The maximum Gasteiger partial charge on any atom is 0.410 e. The Bertz CT molecular complexity index is 547. The zero-order valence-electron chi connectivity index (χ0n) is 17.9. The zero-order valence-corrected chi connectivity index (χ0v) is 17.9. The Hall–Kier alpha value is -1.76. The van der Waals surface area contributed by atoms with Crippen LogP contribution in [0.1, 0.15) is 40.5 Å². The van der Waals surface area contributed by atoms with E-state index in [1.165, 1.54) is 6.42 Å². The molecule has 0 aliphatic carbocycles. The van der Waals surface area contributed by atoms with Crippen molar-refractivity contribution in [2.75, 3.05) is 46.8 Å². The lowest BCUT2D eigenvalue weighted by atomic mass is 10.2. The Morgan fingerprint density at radius 3 is 2.63 bits per heavy atom. The number of carbonyl (C=O) groups is 1. The van der Waals surface area contributed by atoms with Gasteiger partial charge in [0.2, 0.25) is 0 Å². The molecule has 1 amide bonds. The Balaban J connectivity index is 1.73. The molecule has 2 unspecified atom stereocenters. The second-order valence-corrected chi connectivity index (χ2v) is 8.52. The van der Waals surface area contributed by atoms with Crippen LogP contribution in [-0.4, -0.2) is 91.3 Å². The molecule has 2 heterocycles. The van der Waals surface area contributed by atoms with E-state index in [1.54, 1.807) is 11.9 Å². The molecule has 27 heavy (non-hydrogen) atoms. The number of nitrogens with zero attached hydrogens (tertiary/aromatic N) is 4. The van der Waals surface area contributed by atoms with Gasteiger partial charge in [-0.25, -0.2) is 4.79 Å². The molecule has 0 radical (unpaired) electrons. The Labute approximate surface area is 164 Å². The fraction of sp³-hybridized carbons (Fsp3) is 0.800. The maximum atomic E-state index is 12.2. The van der Waals surface area contributed by atoms with Gasteiger partial charge in [0, 0.05) is 58.9 Å². The summed E-state index contributed by atoms with van der Waals surface area (Å²) in [5, 5.41) is 3.46. The summed E-state index contributed by atoms with van der Waals surface area (Å²) in [5.74, 6) is 0.955. The normalized spacial score (nSPS) is 22.2. The number of hydrogen-bond acceptors (Lipinski definition) is 4. The van der Waals surface area contributed by atoms with Gasteiger partial charge in [-0.3, -0.25) is 9.89 Å². The number of ether oxygens (including phenoxy) is 1. The first kappa shape index (κ1) is 21.5. The molecule has 1 fully saturated rings. The molecule has 0 aromatic heterocycles. The number of likely N-dealkylation sites (tertiary alicyclic amines) is 1. The van der Waals surface area contributed by atoms with Crippen molar-refractivity contribution in [3.8, 4) is 0 Å². The molecule has 0 spiro atoms. The van der Waals surface area contributed by atoms with Gasteiger partial charge in [0.1, 0.15) is 5.60 Å². The molecule has 0 aromatic carbocycles. The van der Waals surface area contributed by atoms with E-state index < -0.39 is 5.60 Å². The summed E-state index contributed by atoms with van der Waals surface area (Å²) >= 11 is 0. The number of nitrogens with one attached hydrogen (secondary N) is 1. The molecule has 154 valence electrons. The predicted molar refractivity (Wildman–Crippen MR) is 110 cm³/mol. The van der Waals surface area contributed by atoms with Crippen molar-refractivity contribution in [2.45, 2.75) is 58.2 Å². The number of aliphatic imine (C=N–C) groups is 1. The fourth-order valence-corrected chi connectivity index (χ4v) is 3.46. The standard InChI is InChI=1S/C20H37N5O2/c1-16(23(6)19(26)27-20(2,3)4)9-11-22-18(21-5)25-14-10-17(15-25)24-12-7-8-13-24/h7-8,16-17H,9-15H2,1-6H3,(H,21,22). The van der Waals surface area contributed by atoms with Crippen LogP contribution >= 0.6 is 0 Å². The lowest BCUT2D eigenvalue weighted by Crippen LogP contribution is -2.45. The molecular formula is C20H37N5O2. The van der Waals surface area contributed by atoms with Crippen LogP contribution in [0.3, 0.4) is 0 Å². The Morgan fingerprint density at radius 2 is 2.04 bits per heavy atom. The van der Waals surface area contributed by atoms with Gasteiger partial charge in [-0.1, -0.05) is 12.2 Å². The lowest BCUT2D eigenvalue weighted by Gasteiger charge is -2.29. The average Bonchev–Trinajstić information content (AvgIpc) is 3.27. The summed E-state index contributed by atoms with van der Waals surface area (Å²) < 4.78 is 5.44. The fourth-order valence-electron chi connectivity index (χ4n) is 3.46. The zero-order chi connectivity index (χ0) is 20.0. The average molecular weight is 380 g/mol. The molecule has 7 nitrogen and oxygen atoms in total. The van der Waals surface area contributed by atoms with Crippen LogP contribution in [0.25, 0.3) is 0 Å². The molecule has 2 atom stereocenters. The van der Waals surface area contributed by atoms with Crippen LogP contribution in [-0.2, 0) is 4.74 Å². The van der Waals surface area contributed by atoms with E-state index in [4.69, 9.17) is 4.74 Å². The van der Waals surface area contributed by atoms with Gasteiger partial charge >= 0.3 is 6.09 Å². The van der Waals surface area contributed by atoms with Gasteiger partial charge in [0.05, 0.1) is 0 Å². The minimum atomic E-state index is -0.470. The van der Waals surface area contributed by atoms with Gasteiger partial charge < -0.3 is 19.9 Å². The highest BCUT2D eigenvalue weighted by Crippen LogP contribution is 2.18. The van der Waals surface area contributed by atoms with Crippen molar-refractivity contribution in [1.82, 2.24) is 20.0 Å². The minimum absolute atomic E-state index is 0.0902. The second-order valence-electron chi connectivity index (χ2n) is 8.52. The third kappa shape index (κ3) is 6.41. The van der Waals surface area contributed by atoms with Crippen molar-refractivity contribution in [2.24, 2.45) is 4.99 Å². The smallest absolute Gasteiger partial charge is 0.410 e. The Morgan fingerprint density at radius 1 is 1.37 bits per heavy atom. The van der Waals surface area contributed by atoms with Crippen molar-refractivity contribution in [3.63, 3.8) is 0 Å². The molecule has 2 aliphatic rings. The third-order valence-electron chi connectivity index (χ3n) is 5.23. The van der Waals surface area contributed by atoms with Crippen LogP contribution in [0.15, 0.2) is 17.1 Å². The van der Waals surface area contributed by atoms with Crippen LogP contribution in [0, 0.1) is 0 Å². The van der Waals surface area contributed by atoms with Gasteiger partial charge in [-0.05, 0) is 40.5 Å². The van der Waals surface area contributed by atoms with E-state index in [9.17, 15) is 4.79 Å². The number of carbonyl (C=O) groups excluding carboxylic acids is 1. The first-order chi connectivity index (χ1) is 12.7. The van der Waals surface area contributed by atoms with E-state index >= 15 is 0 Å². The number of amides is 1. The van der Waals surface area contributed by atoms with Gasteiger partial charge in [-0.2, -0.15) is 0 Å². The van der Waals surface area contributed by atoms with Crippen LogP contribution in [0.5, 0.6) is 0 Å². The minimum Gasteiger partial charge on any atom is -0.444 e. The number of rotatable bonds is 5. The first-order valence-corrected chi connectivity index (χ1v) is 10.0. The van der Waals surface area contributed by atoms with Gasteiger partial charge in [0.15, 0.2) is 5.96 Å². The van der Waals surface area contributed by atoms with Crippen molar-refractivity contribution in [1.29, 1.82) is 0 Å². The largest absolute Gasteiger partial charge is 0.444 e. The van der Waals surface area contributed by atoms with Gasteiger partial charge in [0.25, 0.3) is 0 Å². The van der Waals surface area contributed by atoms with Crippen molar-refractivity contribution in [3.05, 3.63) is 12.2 Å². The summed E-state index contributed by atoms with van der Waals surface area (Å²) in [6.45, 7) is 12.7. The monoisotopic (exact) mass is 379 g/mol. The van der Waals surface area contributed by atoms with Crippen LogP contribution < -0.4 is 5.32 Å². The summed E-state index contributed by atoms with van der Waals surface area (Å²) in [4.78, 5) is 23.1. The highest BCUT2D eigenvalue weighted by Gasteiger charge is 2.29. The summed E-state index contributed by atoms with van der Waals surface area (Å²) in [6.07, 6.45) is 6.24. The molecule has 1 N–H and O–H groups in total. The summed E-state index contributed by atoms with van der Waals surface area (Å²) in [6, 6.07) is 0.697.